The molecule has 1 aliphatic heterocycles. The van der Waals surface area contributed by atoms with E-state index in [9.17, 15) is 9.59 Å². The summed E-state index contributed by atoms with van der Waals surface area (Å²) in [6.07, 6.45) is 3.18. The molecule has 2 aromatic rings. The van der Waals surface area contributed by atoms with Gasteiger partial charge >= 0.3 is 0 Å². The second-order valence-electron chi connectivity index (χ2n) is 6.09. The molecule has 9 heteroatoms. The molecule has 1 saturated heterocycles. The van der Waals surface area contributed by atoms with Gasteiger partial charge in [0.15, 0.2) is 0 Å². The average Bonchev–Trinajstić information content (AvgIpc) is 2.54. The van der Waals surface area contributed by atoms with Crippen LogP contribution in [-0.4, -0.2) is 29.9 Å². The van der Waals surface area contributed by atoms with Crippen LogP contribution in [0.25, 0.3) is 0 Å². The van der Waals surface area contributed by atoms with Gasteiger partial charge in [-0.1, -0.05) is 18.5 Å². The molecule has 1 aromatic heterocycles. The van der Waals surface area contributed by atoms with E-state index in [4.69, 9.17) is 11.6 Å². The van der Waals surface area contributed by atoms with E-state index in [2.05, 4.69) is 20.9 Å². The van der Waals surface area contributed by atoms with E-state index in [1.165, 1.54) is 0 Å². The number of carbonyl (C=O) groups is 2. The van der Waals surface area contributed by atoms with Crippen molar-refractivity contribution >= 4 is 59.6 Å². The van der Waals surface area contributed by atoms with Crippen LogP contribution in [0.1, 0.15) is 17.3 Å². The Morgan fingerprint density at radius 2 is 1.93 bits per heavy atom. The number of amides is 2. The zero-order valence-electron chi connectivity index (χ0n) is 14.6. The fourth-order valence-electron chi connectivity index (χ4n) is 2.55. The first-order valence-electron chi connectivity index (χ1n) is 8.07. The number of rotatable bonds is 5. The van der Waals surface area contributed by atoms with Gasteiger partial charge in [0, 0.05) is 17.8 Å². The van der Waals surface area contributed by atoms with E-state index in [1.807, 2.05) is 6.92 Å². The predicted octanol–water partition coefficient (Wildman–Crippen LogP) is 3.62. The molecule has 3 N–H and O–H groups in total. The fourth-order valence-corrected chi connectivity index (χ4v) is 2.81. The molecule has 0 radical (unpaired) electrons. The number of pyridine rings is 1. The van der Waals surface area contributed by atoms with Crippen LogP contribution >= 0.6 is 36.4 Å². The van der Waals surface area contributed by atoms with Gasteiger partial charge in [0.25, 0.3) is 5.91 Å². The molecule has 1 aromatic carbocycles. The van der Waals surface area contributed by atoms with Crippen molar-refractivity contribution in [2.45, 2.75) is 6.92 Å². The van der Waals surface area contributed by atoms with E-state index < -0.39 is 0 Å². The van der Waals surface area contributed by atoms with Crippen molar-refractivity contribution < 1.29 is 9.59 Å². The Bertz CT molecular complexity index is 785. The van der Waals surface area contributed by atoms with Crippen LogP contribution in [0, 0.1) is 11.8 Å². The second kappa shape index (κ2) is 10.5. The molecule has 2 heterocycles. The highest BCUT2D eigenvalue weighted by atomic mass is 35.5. The Hall–Kier alpha value is -1.86. The van der Waals surface area contributed by atoms with Crippen molar-refractivity contribution in [2.75, 3.05) is 23.7 Å². The predicted molar refractivity (Wildman–Crippen MR) is 112 cm³/mol. The number of halogens is 3. The average molecular weight is 432 g/mol. The third-order valence-corrected chi connectivity index (χ3v) is 4.65. The van der Waals surface area contributed by atoms with Gasteiger partial charge in [-0.05, 0) is 49.3 Å². The van der Waals surface area contributed by atoms with E-state index in [1.54, 1.807) is 42.7 Å². The number of carbonyl (C=O) groups excluding carboxylic acids is 2. The summed E-state index contributed by atoms with van der Waals surface area (Å²) in [6, 6.07) is 8.33. The van der Waals surface area contributed by atoms with Gasteiger partial charge in [-0.25, -0.2) is 0 Å². The van der Waals surface area contributed by atoms with E-state index >= 15 is 0 Å². The Labute approximate surface area is 175 Å². The molecule has 1 atom stereocenters. The van der Waals surface area contributed by atoms with Gasteiger partial charge in [0.05, 0.1) is 22.5 Å². The summed E-state index contributed by atoms with van der Waals surface area (Å²) in [6.45, 7) is 3.64. The molecule has 3 rings (SSSR count). The van der Waals surface area contributed by atoms with E-state index in [0.717, 1.165) is 13.1 Å². The van der Waals surface area contributed by atoms with Crippen molar-refractivity contribution in [3.63, 3.8) is 0 Å². The number of benzene rings is 1. The molecule has 0 saturated carbocycles. The van der Waals surface area contributed by atoms with Gasteiger partial charge in [-0.3, -0.25) is 14.6 Å². The summed E-state index contributed by atoms with van der Waals surface area (Å²) in [5.41, 5.74) is 1.50. The highest BCUT2D eigenvalue weighted by Crippen LogP contribution is 2.24. The molecule has 6 nitrogen and oxygen atoms in total. The molecule has 1 unspecified atom stereocenters. The maximum Gasteiger partial charge on any atom is 0.257 e. The van der Waals surface area contributed by atoms with Crippen LogP contribution in [-0.2, 0) is 4.79 Å². The lowest BCUT2D eigenvalue weighted by atomic mass is 9.88. The Morgan fingerprint density at radius 1 is 1.19 bits per heavy atom. The summed E-state index contributed by atoms with van der Waals surface area (Å²) in [7, 11) is 0. The first kappa shape index (κ1) is 23.2. The number of hydrogen-bond donors (Lipinski definition) is 3. The van der Waals surface area contributed by atoms with Crippen LogP contribution in [0.4, 0.5) is 11.4 Å². The number of hydrogen-bond acceptors (Lipinski definition) is 4. The SMILES string of the molecule is CC(C(=O)Nc1ccc(C(=O)Nc2cccnc2)c(Cl)c1)C1CNC1.Cl.Cl. The molecule has 0 aliphatic carbocycles. The zero-order valence-corrected chi connectivity index (χ0v) is 17.0. The van der Waals surface area contributed by atoms with E-state index in [-0.39, 0.29) is 47.6 Å². The van der Waals surface area contributed by atoms with Crippen molar-refractivity contribution in [1.29, 1.82) is 0 Å². The number of nitrogens with zero attached hydrogens (tertiary/aromatic N) is 1. The van der Waals surface area contributed by atoms with Crippen molar-refractivity contribution in [3.05, 3.63) is 53.3 Å². The first-order valence-corrected chi connectivity index (χ1v) is 8.45. The minimum atomic E-state index is -0.329. The second-order valence-corrected chi connectivity index (χ2v) is 6.49. The topological polar surface area (TPSA) is 83.1 Å². The van der Waals surface area contributed by atoms with Gasteiger partial charge in [-0.2, -0.15) is 0 Å². The Kier molecular flexibility index (Phi) is 8.99. The lowest BCUT2D eigenvalue weighted by Gasteiger charge is -2.31. The number of nitrogens with one attached hydrogen (secondary N) is 3. The van der Waals surface area contributed by atoms with Crippen LogP contribution in [0.5, 0.6) is 0 Å². The number of anilines is 2. The molecule has 27 heavy (non-hydrogen) atoms. The third kappa shape index (κ3) is 5.81. The molecule has 1 fully saturated rings. The van der Waals surface area contributed by atoms with Crippen LogP contribution in [0.3, 0.4) is 0 Å². The summed E-state index contributed by atoms with van der Waals surface area (Å²) >= 11 is 6.22. The third-order valence-electron chi connectivity index (χ3n) is 4.33. The maximum atomic E-state index is 12.3. The molecule has 0 spiro atoms. The summed E-state index contributed by atoms with van der Waals surface area (Å²) < 4.78 is 0. The van der Waals surface area contributed by atoms with Gasteiger partial charge in [0.2, 0.25) is 5.91 Å². The Balaban J connectivity index is 0.00000182. The quantitative estimate of drug-likeness (QED) is 0.675. The van der Waals surface area contributed by atoms with Crippen LogP contribution in [0.2, 0.25) is 5.02 Å². The van der Waals surface area contributed by atoms with Crippen LogP contribution in [0.15, 0.2) is 42.7 Å². The lowest BCUT2D eigenvalue weighted by Crippen LogP contribution is -2.48. The summed E-state index contributed by atoms with van der Waals surface area (Å²) in [5.74, 6) is -0.0894. The van der Waals surface area contributed by atoms with Crippen LogP contribution < -0.4 is 16.0 Å². The molecular weight excluding hydrogens is 411 g/mol. The lowest BCUT2D eigenvalue weighted by molar-refractivity contribution is -0.121. The first-order chi connectivity index (χ1) is 12.0. The summed E-state index contributed by atoms with van der Waals surface area (Å²) in [4.78, 5) is 28.5. The summed E-state index contributed by atoms with van der Waals surface area (Å²) in [5, 5.41) is 9.02. The minimum absolute atomic E-state index is 0. The van der Waals surface area contributed by atoms with Gasteiger partial charge in [-0.15, -0.1) is 24.8 Å². The number of aromatic nitrogens is 1. The fraction of sp³-hybridized carbons (Fsp3) is 0.278. The highest BCUT2D eigenvalue weighted by Gasteiger charge is 2.28. The van der Waals surface area contributed by atoms with E-state index in [0.29, 0.717) is 22.9 Å². The maximum absolute atomic E-state index is 12.3. The molecule has 2 amide bonds. The highest BCUT2D eigenvalue weighted by molar-refractivity contribution is 6.34. The smallest absolute Gasteiger partial charge is 0.257 e. The van der Waals surface area contributed by atoms with Gasteiger partial charge in [0.1, 0.15) is 0 Å². The molecular formula is C18H21Cl3N4O2. The van der Waals surface area contributed by atoms with Gasteiger partial charge < -0.3 is 16.0 Å². The standard InChI is InChI=1S/C18H19ClN4O2.2ClH/c1-11(12-8-21-9-12)17(24)22-13-4-5-15(16(19)7-13)18(25)23-14-3-2-6-20-10-14;;/h2-7,10-12,21H,8-9H2,1H3,(H,22,24)(H,23,25);2*1H. The molecule has 0 bridgehead atoms. The molecule has 146 valence electrons. The van der Waals surface area contributed by atoms with Crippen molar-refractivity contribution in [2.24, 2.45) is 11.8 Å². The zero-order chi connectivity index (χ0) is 17.8. The monoisotopic (exact) mass is 430 g/mol. The van der Waals surface area contributed by atoms with Crippen molar-refractivity contribution in [1.82, 2.24) is 10.3 Å². The largest absolute Gasteiger partial charge is 0.326 e. The molecule has 1 aliphatic rings. The Morgan fingerprint density at radius 3 is 2.48 bits per heavy atom. The normalized spacial score (nSPS) is 14.0. The van der Waals surface area contributed by atoms with Crippen molar-refractivity contribution in [3.8, 4) is 0 Å². The minimum Gasteiger partial charge on any atom is -0.326 e.